The number of rotatable bonds is 5. The zero-order valence-corrected chi connectivity index (χ0v) is 15.2. The van der Waals surface area contributed by atoms with Crippen LogP contribution in [0, 0.1) is 0 Å². The molecule has 1 aliphatic carbocycles. The summed E-state index contributed by atoms with van der Waals surface area (Å²) in [5, 5.41) is 2.58. The maximum atomic E-state index is 12.3. The van der Waals surface area contributed by atoms with Crippen LogP contribution < -0.4 is 11.1 Å². The molecule has 0 saturated heterocycles. The molecule has 1 atom stereocenters. The molecule has 1 heterocycles. The molecule has 0 bridgehead atoms. The summed E-state index contributed by atoms with van der Waals surface area (Å²) in [4.78, 5) is 37.8. The number of esters is 1. The van der Waals surface area contributed by atoms with Gasteiger partial charge in [-0.1, -0.05) is 12.1 Å². The van der Waals surface area contributed by atoms with Crippen molar-refractivity contribution in [1.29, 1.82) is 0 Å². The highest BCUT2D eigenvalue weighted by molar-refractivity contribution is 7.14. The van der Waals surface area contributed by atoms with Gasteiger partial charge < -0.3 is 15.8 Å². The summed E-state index contributed by atoms with van der Waals surface area (Å²) in [5.74, 6) is -1.67. The standard InChI is InChI=1S/C19H20N2O4S/c1-11(18(23)21-14-8-4-3-7-13(14)17(20)22)25-19(24)16-10-12-6-2-5-9-15(12)26-16/h3-4,7-8,10-11H,2,5-6,9H2,1H3,(H2,20,22)(H,21,23). The minimum Gasteiger partial charge on any atom is -0.448 e. The Balaban J connectivity index is 1.65. The third kappa shape index (κ3) is 3.94. The second kappa shape index (κ2) is 7.70. The Morgan fingerprint density at radius 1 is 1.19 bits per heavy atom. The van der Waals surface area contributed by atoms with Crippen LogP contribution in [0.3, 0.4) is 0 Å². The Hall–Kier alpha value is -2.67. The average Bonchev–Trinajstić information content (AvgIpc) is 3.06. The largest absolute Gasteiger partial charge is 0.448 e. The smallest absolute Gasteiger partial charge is 0.349 e. The molecule has 0 saturated carbocycles. The van der Waals surface area contributed by atoms with Crippen molar-refractivity contribution >= 4 is 34.8 Å². The first kappa shape index (κ1) is 18.1. The summed E-state index contributed by atoms with van der Waals surface area (Å²) in [6, 6.07) is 8.28. The van der Waals surface area contributed by atoms with Crippen molar-refractivity contribution in [1.82, 2.24) is 0 Å². The Labute approximate surface area is 155 Å². The van der Waals surface area contributed by atoms with Gasteiger partial charge in [-0.2, -0.15) is 0 Å². The summed E-state index contributed by atoms with van der Waals surface area (Å²) >= 11 is 1.44. The number of primary amides is 1. The van der Waals surface area contributed by atoms with E-state index in [0.717, 1.165) is 25.7 Å². The Morgan fingerprint density at radius 2 is 1.92 bits per heavy atom. The fraction of sp³-hybridized carbons (Fsp3) is 0.316. The second-order valence-corrected chi connectivity index (χ2v) is 7.35. The van der Waals surface area contributed by atoms with Gasteiger partial charge in [-0.25, -0.2) is 4.79 Å². The molecule has 0 aliphatic heterocycles. The molecule has 3 N–H and O–H groups in total. The average molecular weight is 372 g/mol. The van der Waals surface area contributed by atoms with Crippen molar-refractivity contribution in [3.8, 4) is 0 Å². The lowest BCUT2D eigenvalue weighted by Gasteiger charge is -2.14. The summed E-state index contributed by atoms with van der Waals surface area (Å²) in [7, 11) is 0. The van der Waals surface area contributed by atoms with E-state index in [4.69, 9.17) is 10.5 Å². The van der Waals surface area contributed by atoms with E-state index < -0.39 is 23.9 Å². The van der Waals surface area contributed by atoms with Gasteiger partial charge in [-0.05, 0) is 56.4 Å². The highest BCUT2D eigenvalue weighted by Gasteiger charge is 2.23. The summed E-state index contributed by atoms with van der Waals surface area (Å²) in [6.45, 7) is 1.49. The number of nitrogens with one attached hydrogen (secondary N) is 1. The Kier molecular flexibility index (Phi) is 5.37. The van der Waals surface area contributed by atoms with Gasteiger partial charge >= 0.3 is 5.97 Å². The SMILES string of the molecule is CC(OC(=O)c1cc2c(s1)CCCC2)C(=O)Nc1ccccc1C(N)=O. The summed E-state index contributed by atoms with van der Waals surface area (Å²) in [6.07, 6.45) is 3.26. The van der Waals surface area contributed by atoms with Crippen molar-refractivity contribution in [2.24, 2.45) is 5.73 Å². The number of anilines is 1. The molecule has 2 amide bonds. The fourth-order valence-corrected chi connectivity index (χ4v) is 4.04. The number of hydrogen-bond donors (Lipinski definition) is 2. The fourth-order valence-electron chi connectivity index (χ4n) is 2.90. The van der Waals surface area contributed by atoms with Crippen LogP contribution in [0.1, 0.15) is 50.2 Å². The van der Waals surface area contributed by atoms with Crippen molar-refractivity contribution in [3.63, 3.8) is 0 Å². The monoisotopic (exact) mass is 372 g/mol. The van der Waals surface area contributed by atoms with Crippen molar-refractivity contribution in [2.45, 2.75) is 38.7 Å². The van der Waals surface area contributed by atoms with Gasteiger partial charge in [0.05, 0.1) is 11.3 Å². The molecule has 0 fully saturated rings. The lowest BCUT2D eigenvalue weighted by atomic mass is 9.99. The third-order valence-electron chi connectivity index (χ3n) is 4.30. The van der Waals surface area contributed by atoms with Gasteiger partial charge in [0.2, 0.25) is 0 Å². The molecular formula is C19H20N2O4S. The number of nitrogens with two attached hydrogens (primary N) is 1. The molecule has 1 unspecified atom stereocenters. The first-order valence-corrected chi connectivity index (χ1v) is 9.29. The molecule has 0 spiro atoms. The van der Waals surface area contributed by atoms with Crippen molar-refractivity contribution in [3.05, 3.63) is 51.2 Å². The minimum absolute atomic E-state index is 0.199. The molecule has 0 radical (unpaired) electrons. The van der Waals surface area contributed by atoms with Crippen LogP contribution in [0.15, 0.2) is 30.3 Å². The van der Waals surface area contributed by atoms with Gasteiger partial charge in [0.15, 0.2) is 6.10 Å². The van der Waals surface area contributed by atoms with E-state index in [1.807, 2.05) is 6.07 Å². The molecule has 136 valence electrons. The van der Waals surface area contributed by atoms with Crippen molar-refractivity contribution < 1.29 is 19.1 Å². The molecular weight excluding hydrogens is 352 g/mol. The van der Waals surface area contributed by atoms with Crippen LogP contribution in [0.2, 0.25) is 0 Å². The molecule has 7 heteroatoms. The van der Waals surface area contributed by atoms with E-state index in [1.54, 1.807) is 18.2 Å². The van der Waals surface area contributed by atoms with Crippen LogP contribution in [0.5, 0.6) is 0 Å². The number of amides is 2. The van der Waals surface area contributed by atoms with Crippen LogP contribution in [0.25, 0.3) is 0 Å². The predicted octanol–water partition coefficient (Wildman–Crippen LogP) is 2.91. The minimum atomic E-state index is -0.998. The molecule has 1 aromatic carbocycles. The molecule has 1 aliphatic rings. The number of benzene rings is 1. The van der Waals surface area contributed by atoms with E-state index >= 15 is 0 Å². The van der Waals surface area contributed by atoms with E-state index in [2.05, 4.69) is 5.32 Å². The van der Waals surface area contributed by atoms with E-state index in [9.17, 15) is 14.4 Å². The van der Waals surface area contributed by atoms with E-state index in [-0.39, 0.29) is 5.56 Å². The Morgan fingerprint density at radius 3 is 2.65 bits per heavy atom. The number of para-hydroxylation sites is 1. The second-order valence-electron chi connectivity index (χ2n) is 6.21. The van der Waals surface area contributed by atoms with Gasteiger partial charge in [0.1, 0.15) is 4.88 Å². The molecule has 3 rings (SSSR count). The first-order valence-electron chi connectivity index (χ1n) is 8.48. The number of thiophene rings is 1. The lowest BCUT2D eigenvalue weighted by molar-refractivity contribution is -0.123. The molecule has 2 aromatic rings. The number of fused-ring (bicyclic) bond motifs is 1. The highest BCUT2D eigenvalue weighted by Crippen LogP contribution is 2.30. The molecule has 26 heavy (non-hydrogen) atoms. The normalized spacial score (nSPS) is 14.2. The van der Waals surface area contributed by atoms with E-state index in [0.29, 0.717) is 10.6 Å². The summed E-state index contributed by atoms with van der Waals surface area (Å²) < 4.78 is 5.29. The first-order chi connectivity index (χ1) is 12.5. The molecule has 6 nitrogen and oxygen atoms in total. The number of ether oxygens (including phenoxy) is 1. The van der Waals surface area contributed by atoms with Gasteiger partial charge in [-0.15, -0.1) is 11.3 Å². The number of carbonyl (C=O) groups is 3. The van der Waals surface area contributed by atoms with Crippen LogP contribution in [-0.2, 0) is 22.4 Å². The lowest BCUT2D eigenvalue weighted by Crippen LogP contribution is -2.30. The number of carbonyl (C=O) groups excluding carboxylic acids is 3. The predicted molar refractivity (Wildman–Crippen MR) is 99.4 cm³/mol. The zero-order chi connectivity index (χ0) is 18.7. The van der Waals surface area contributed by atoms with Gasteiger partial charge in [0, 0.05) is 4.88 Å². The zero-order valence-electron chi connectivity index (χ0n) is 14.4. The summed E-state index contributed by atoms with van der Waals surface area (Å²) in [5.41, 5.74) is 7.00. The van der Waals surface area contributed by atoms with Crippen LogP contribution in [0.4, 0.5) is 5.69 Å². The van der Waals surface area contributed by atoms with Crippen molar-refractivity contribution in [2.75, 3.05) is 5.32 Å². The van der Waals surface area contributed by atoms with E-state index in [1.165, 1.54) is 34.8 Å². The van der Waals surface area contributed by atoms with Crippen LogP contribution >= 0.6 is 11.3 Å². The topological polar surface area (TPSA) is 98.5 Å². The number of aryl methyl sites for hydroxylation is 2. The van der Waals surface area contributed by atoms with Gasteiger partial charge in [0.25, 0.3) is 11.8 Å². The van der Waals surface area contributed by atoms with Gasteiger partial charge in [-0.3, -0.25) is 9.59 Å². The maximum absolute atomic E-state index is 12.3. The highest BCUT2D eigenvalue weighted by atomic mass is 32.1. The number of hydrogen-bond acceptors (Lipinski definition) is 5. The maximum Gasteiger partial charge on any atom is 0.349 e. The third-order valence-corrected chi connectivity index (χ3v) is 5.52. The molecule has 1 aromatic heterocycles. The quantitative estimate of drug-likeness (QED) is 0.789. The Bertz CT molecular complexity index is 835. The van der Waals surface area contributed by atoms with Crippen LogP contribution in [-0.4, -0.2) is 23.9 Å².